The number of carboxylic acids is 1. The van der Waals surface area contributed by atoms with Gasteiger partial charge in [-0.3, -0.25) is 9.59 Å². The van der Waals surface area contributed by atoms with Gasteiger partial charge in [0.25, 0.3) is 5.91 Å². The van der Waals surface area contributed by atoms with Gasteiger partial charge in [0, 0.05) is 28.0 Å². The van der Waals surface area contributed by atoms with Crippen LogP contribution in [0.5, 0.6) is 0 Å². The van der Waals surface area contributed by atoms with Crippen molar-refractivity contribution >= 4 is 39.4 Å². The Morgan fingerprint density at radius 2 is 1.74 bits per heavy atom. The van der Waals surface area contributed by atoms with E-state index in [-0.39, 0.29) is 28.7 Å². The number of benzene rings is 2. The number of nitrogens with two attached hydrogens (primary N) is 1. The molecular weight excluding hydrogens is 510 g/mol. The highest BCUT2D eigenvalue weighted by molar-refractivity contribution is 9.10. The van der Waals surface area contributed by atoms with Crippen molar-refractivity contribution in [1.82, 2.24) is 4.90 Å². The summed E-state index contributed by atoms with van der Waals surface area (Å²) in [5, 5.41) is 12.1. The van der Waals surface area contributed by atoms with Crippen LogP contribution in [0, 0.1) is 11.8 Å². The maximum atomic E-state index is 13.9. The number of halogens is 1. The normalized spacial score (nSPS) is 23.3. The van der Waals surface area contributed by atoms with Crippen LogP contribution in [0.1, 0.15) is 67.1 Å². The predicted molar refractivity (Wildman–Crippen MR) is 138 cm³/mol. The van der Waals surface area contributed by atoms with Crippen LogP contribution in [0.15, 0.2) is 46.9 Å². The molecule has 8 heteroatoms. The molecule has 35 heavy (non-hydrogen) atoms. The molecule has 7 nitrogen and oxygen atoms in total. The Morgan fingerprint density at radius 1 is 1.09 bits per heavy atom. The van der Waals surface area contributed by atoms with Gasteiger partial charge in [-0.25, -0.2) is 4.79 Å². The van der Waals surface area contributed by atoms with Gasteiger partial charge in [-0.05, 0) is 79.6 Å². The molecule has 4 N–H and O–H groups in total. The van der Waals surface area contributed by atoms with Crippen molar-refractivity contribution in [3.05, 3.63) is 63.6 Å². The molecule has 2 amide bonds. The molecule has 1 aliphatic heterocycles. The highest BCUT2D eigenvalue weighted by atomic mass is 79.9. The minimum absolute atomic E-state index is 0.0144. The Bertz CT molecular complexity index is 1120. The Kier molecular flexibility index (Phi) is 7.33. The summed E-state index contributed by atoms with van der Waals surface area (Å²) in [4.78, 5) is 40.5. The molecular formula is C27H32BrN3O4. The van der Waals surface area contributed by atoms with E-state index in [1.807, 2.05) is 18.2 Å². The van der Waals surface area contributed by atoms with Crippen molar-refractivity contribution in [2.24, 2.45) is 17.6 Å². The second-order valence-electron chi connectivity index (χ2n) is 10.3. The second-order valence-corrected chi connectivity index (χ2v) is 11.1. The molecule has 1 saturated carbocycles. The van der Waals surface area contributed by atoms with Gasteiger partial charge in [-0.1, -0.05) is 41.9 Å². The number of amides is 2. The molecule has 4 rings (SSSR count). The molecule has 186 valence electrons. The molecule has 2 aliphatic rings. The van der Waals surface area contributed by atoms with Crippen LogP contribution in [0.2, 0.25) is 0 Å². The quantitative estimate of drug-likeness (QED) is 0.507. The number of nitrogens with zero attached hydrogens (tertiary/aromatic N) is 1. The fourth-order valence-electron chi connectivity index (χ4n) is 5.52. The third-order valence-corrected chi connectivity index (χ3v) is 8.02. The largest absolute Gasteiger partial charge is 0.478 e. The summed E-state index contributed by atoms with van der Waals surface area (Å²) < 4.78 is 0.916. The van der Waals surface area contributed by atoms with Gasteiger partial charge in [0.15, 0.2) is 0 Å². The third kappa shape index (κ3) is 5.14. The number of hydrogen-bond acceptors (Lipinski definition) is 4. The van der Waals surface area contributed by atoms with Crippen molar-refractivity contribution in [1.29, 1.82) is 0 Å². The molecule has 1 fully saturated rings. The van der Waals surface area contributed by atoms with E-state index in [0.717, 1.165) is 41.3 Å². The smallest absolute Gasteiger partial charge is 0.335 e. The van der Waals surface area contributed by atoms with E-state index in [9.17, 15) is 14.4 Å². The number of carbonyl (C=O) groups excluding carboxylic acids is 2. The third-order valence-electron chi connectivity index (χ3n) is 7.35. The number of aromatic carboxylic acids is 1. The van der Waals surface area contributed by atoms with E-state index < -0.39 is 12.0 Å². The monoisotopic (exact) mass is 541 g/mol. The highest BCUT2D eigenvalue weighted by Crippen LogP contribution is 2.45. The lowest BCUT2D eigenvalue weighted by molar-refractivity contribution is -0.145. The Hall–Kier alpha value is -2.71. The van der Waals surface area contributed by atoms with Gasteiger partial charge in [0.1, 0.15) is 6.04 Å². The minimum Gasteiger partial charge on any atom is -0.478 e. The van der Waals surface area contributed by atoms with E-state index >= 15 is 0 Å². The first kappa shape index (κ1) is 25.4. The van der Waals surface area contributed by atoms with Gasteiger partial charge in [0.05, 0.1) is 5.56 Å². The van der Waals surface area contributed by atoms with Gasteiger partial charge in [-0.2, -0.15) is 0 Å². The zero-order valence-corrected chi connectivity index (χ0v) is 21.7. The average Bonchev–Trinajstić information content (AvgIpc) is 2.83. The van der Waals surface area contributed by atoms with Crippen LogP contribution in [-0.2, 0) is 15.0 Å². The van der Waals surface area contributed by atoms with Crippen molar-refractivity contribution in [3.8, 4) is 0 Å². The molecule has 0 saturated heterocycles. The van der Waals surface area contributed by atoms with Gasteiger partial charge >= 0.3 is 5.97 Å². The predicted octanol–water partition coefficient (Wildman–Crippen LogP) is 4.71. The lowest BCUT2D eigenvalue weighted by Crippen LogP contribution is -2.53. The second kappa shape index (κ2) is 10.1. The SMILES string of the molecule is CC1(C)CN(C(=O)C2CCC(CN)CC2)C(C(=O)Nc2ccc(C(=O)O)cc2)c2cccc(Br)c21. The van der Waals surface area contributed by atoms with E-state index in [2.05, 4.69) is 35.1 Å². The van der Waals surface area contributed by atoms with Crippen LogP contribution >= 0.6 is 15.9 Å². The van der Waals surface area contributed by atoms with E-state index in [1.54, 1.807) is 17.0 Å². The topological polar surface area (TPSA) is 113 Å². The molecule has 1 aliphatic carbocycles. The van der Waals surface area contributed by atoms with Gasteiger partial charge < -0.3 is 21.1 Å². The number of hydrogen-bond donors (Lipinski definition) is 3. The van der Waals surface area contributed by atoms with Crippen LogP contribution in [0.25, 0.3) is 0 Å². The molecule has 0 spiro atoms. The lowest BCUT2D eigenvalue weighted by atomic mass is 9.74. The summed E-state index contributed by atoms with van der Waals surface area (Å²) in [6, 6.07) is 11.0. The number of nitrogens with one attached hydrogen (secondary N) is 1. The van der Waals surface area contributed by atoms with Crippen molar-refractivity contribution in [3.63, 3.8) is 0 Å². The summed E-state index contributed by atoms with van der Waals surface area (Å²) >= 11 is 3.67. The molecule has 1 heterocycles. The van der Waals surface area contributed by atoms with Crippen LogP contribution < -0.4 is 11.1 Å². The molecule has 2 aromatic carbocycles. The van der Waals surface area contributed by atoms with Gasteiger partial charge in [0.2, 0.25) is 5.91 Å². The van der Waals surface area contributed by atoms with Crippen LogP contribution in [0.4, 0.5) is 5.69 Å². The van der Waals surface area contributed by atoms with E-state index in [0.29, 0.717) is 24.7 Å². The average molecular weight is 542 g/mol. The van der Waals surface area contributed by atoms with Crippen molar-refractivity contribution < 1.29 is 19.5 Å². The van der Waals surface area contributed by atoms with E-state index in [4.69, 9.17) is 10.8 Å². The van der Waals surface area contributed by atoms with E-state index in [1.165, 1.54) is 12.1 Å². The molecule has 1 atom stereocenters. The van der Waals surface area contributed by atoms with Gasteiger partial charge in [-0.15, -0.1) is 0 Å². The molecule has 2 aromatic rings. The lowest BCUT2D eigenvalue weighted by Gasteiger charge is -2.46. The summed E-state index contributed by atoms with van der Waals surface area (Å²) in [5.41, 5.74) is 7.95. The zero-order chi connectivity index (χ0) is 25.3. The zero-order valence-electron chi connectivity index (χ0n) is 20.1. The molecule has 1 unspecified atom stereocenters. The molecule has 0 bridgehead atoms. The number of fused-ring (bicyclic) bond motifs is 1. The maximum Gasteiger partial charge on any atom is 0.335 e. The van der Waals surface area contributed by atoms with Crippen LogP contribution in [-0.4, -0.2) is 40.9 Å². The Morgan fingerprint density at radius 3 is 2.34 bits per heavy atom. The van der Waals surface area contributed by atoms with Crippen LogP contribution in [0.3, 0.4) is 0 Å². The highest BCUT2D eigenvalue weighted by Gasteiger charge is 2.45. The van der Waals surface area contributed by atoms with Crippen molar-refractivity contribution in [2.75, 3.05) is 18.4 Å². The number of rotatable bonds is 5. The summed E-state index contributed by atoms with van der Waals surface area (Å²) in [5.74, 6) is -0.987. The summed E-state index contributed by atoms with van der Waals surface area (Å²) in [6.07, 6.45) is 3.43. The minimum atomic E-state index is -1.03. The number of carbonyl (C=O) groups is 3. The van der Waals surface area contributed by atoms with Crippen molar-refractivity contribution in [2.45, 2.75) is 51.0 Å². The first-order chi connectivity index (χ1) is 16.6. The summed E-state index contributed by atoms with van der Waals surface area (Å²) in [6.45, 7) is 5.26. The first-order valence-electron chi connectivity index (χ1n) is 12.1. The summed E-state index contributed by atoms with van der Waals surface area (Å²) in [7, 11) is 0. The fourth-order valence-corrected chi connectivity index (χ4v) is 6.44. The Balaban J connectivity index is 1.68. The first-order valence-corrected chi connectivity index (χ1v) is 12.9. The molecule has 0 radical (unpaired) electrons. The number of anilines is 1. The Labute approximate surface area is 214 Å². The fraction of sp³-hybridized carbons (Fsp3) is 0.444. The number of carboxylic acid groups (broad SMARTS) is 1. The maximum absolute atomic E-state index is 13.9. The molecule has 0 aromatic heterocycles. The standard InChI is InChI=1S/C27H32BrN3O4/c1-27(2)15-31(25(33)17-8-6-16(14-29)7-9-17)23(20-4-3-5-21(28)22(20)27)24(32)30-19-12-10-18(11-13-19)26(34)35/h3-5,10-13,16-17,23H,6-9,14-15,29H2,1-2H3,(H,30,32)(H,34,35).